The summed E-state index contributed by atoms with van der Waals surface area (Å²) in [7, 11) is 3.26. The second-order valence-electron chi connectivity index (χ2n) is 7.24. The van der Waals surface area contributed by atoms with Crippen LogP contribution in [0.5, 0.6) is 11.5 Å². The number of hydrogen-bond acceptors (Lipinski definition) is 4. The van der Waals surface area contributed by atoms with E-state index >= 15 is 0 Å². The monoisotopic (exact) mass is 382 g/mol. The Morgan fingerprint density at radius 1 is 0.929 bits per heavy atom. The van der Waals surface area contributed by atoms with Gasteiger partial charge in [0.05, 0.1) is 14.2 Å². The summed E-state index contributed by atoms with van der Waals surface area (Å²) < 4.78 is 10.8. The first-order valence-corrected chi connectivity index (χ1v) is 9.87. The van der Waals surface area contributed by atoms with Gasteiger partial charge in [0.1, 0.15) is 0 Å². The van der Waals surface area contributed by atoms with Crippen LogP contribution in [-0.4, -0.2) is 56.1 Å². The number of benzene rings is 2. The zero-order valence-corrected chi connectivity index (χ0v) is 17.1. The highest BCUT2D eigenvalue weighted by Gasteiger charge is 2.21. The number of nitrogens with zero attached hydrogens (tertiary/aromatic N) is 2. The smallest absolute Gasteiger partial charge is 0.222 e. The van der Waals surface area contributed by atoms with E-state index < -0.39 is 0 Å². The first-order valence-electron chi connectivity index (χ1n) is 9.87. The second-order valence-corrected chi connectivity index (χ2v) is 7.24. The minimum Gasteiger partial charge on any atom is -0.493 e. The summed E-state index contributed by atoms with van der Waals surface area (Å²) in [6.45, 7) is 6.53. The maximum atomic E-state index is 12.7. The lowest BCUT2D eigenvalue weighted by Crippen LogP contribution is -2.48. The average Bonchev–Trinajstić information content (AvgIpc) is 2.73. The molecule has 0 aliphatic carbocycles. The molecule has 1 heterocycles. The molecule has 5 heteroatoms. The Kier molecular flexibility index (Phi) is 6.93. The molecule has 1 aliphatic heterocycles. The van der Waals surface area contributed by atoms with Gasteiger partial charge in [-0.2, -0.15) is 0 Å². The molecule has 0 unspecified atom stereocenters. The van der Waals surface area contributed by atoms with E-state index in [1.165, 1.54) is 11.1 Å². The number of amides is 1. The van der Waals surface area contributed by atoms with E-state index in [9.17, 15) is 4.79 Å². The summed E-state index contributed by atoms with van der Waals surface area (Å²) in [6.07, 6.45) is 1.14. The van der Waals surface area contributed by atoms with E-state index in [2.05, 4.69) is 36.1 Å². The van der Waals surface area contributed by atoms with Crippen LogP contribution in [-0.2, 0) is 17.8 Å². The molecule has 0 bridgehead atoms. The fraction of sp³-hybridized carbons (Fsp3) is 0.435. The molecule has 3 rings (SSSR count). The van der Waals surface area contributed by atoms with Crippen LogP contribution in [0.15, 0.2) is 42.5 Å². The Bertz CT molecular complexity index is 798. The molecule has 0 atom stereocenters. The quantitative estimate of drug-likeness (QED) is 0.737. The van der Waals surface area contributed by atoms with Gasteiger partial charge in [-0.15, -0.1) is 0 Å². The third kappa shape index (κ3) is 4.84. The molecule has 0 radical (unpaired) electrons. The van der Waals surface area contributed by atoms with Crippen LogP contribution >= 0.6 is 0 Å². The van der Waals surface area contributed by atoms with Gasteiger partial charge in [-0.25, -0.2) is 0 Å². The van der Waals surface area contributed by atoms with Gasteiger partial charge in [-0.05, 0) is 36.1 Å². The molecule has 0 spiro atoms. The van der Waals surface area contributed by atoms with E-state index in [1.54, 1.807) is 14.2 Å². The second kappa shape index (κ2) is 9.60. The number of carbonyl (C=O) groups excluding carboxylic acids is 1. The Labute approximate surface area is 167 Å². The van der Waals surface area contributed by atoms with Crippen molar-refractivity contribution in [3.8, 4) is 11.5 Å². The Morgan fingerprint density at radius 3 is 2.32 bits per heavy atom. The number of carbonyl (C=O) groups is 1. The van der Waals surface area contributed by atoms with Crippen molar-refractivity contribution >= 4 is 5.91 Å². The van der Waals surface area contributed by atoms with Gasteiger partial charge in [0.15, 0.2) is 11.5 Å². The number of rotatable bonds is 7. The van der Waals surface area contributed by atoms with Crippen molar-refractivity contribution in [3.63, 3.8) is 0 Å². The summed E-state index contributed by atoms with van der Waals surface area (Å²) >= 11 is 0. The topological polar surface area (TPSA) is 42.0 Å². The van der Waals surface area contributed by atoms with Crippen LogP contribution in [0, 0.1) is 6.92 Å². The zero-order chi connectivity index (χ0) is 19.9. The van der Waals surface area contributed by atoms with E-state index in [0.29, 0.717) is 18.6 Å². The molecular formula is C23H30N2O3. The SMILES string of the molecule is COc1cccc(CCC(=O)N2CCN(Cc3ccccc3C)CC2)c1OC. The summed E-state index contributed by atoms with van der Waals surface area (Å²) in [5, 5.41) is 0. The predicted molar refractivity (Wildman–Crippen MR) is 111 cm³/mol. The Morgan fingerprint density at radius 2 is 1.64 bits per heavy atom. The molecule has 1 saturated heterocycles. The molecule has 5 nitrogen and oxygen atoms in total. The van der Waals surface area contributed by atoms with Gasteiger partial charge in [-0.3, -0.25) is 9.69 Å². The third-order valence-electron chi connectivity index (χ3n) is 5.47. The molecule has 1 aliphatic rings. The number of piperazine rings is 1. The lowest BCUT2D eigenvalue weighted by molar-refractivity contribution is -0.133. The highest BCUT2D eigenvalue weighted by atomic mass is 16.5. The molecular weight excluding hydrogens is 352 g/mol. The van der Waals surface area contributed by atoms with Crippen molar-refractivity contribution in [1.82, 2.24) is 9.80 Å². The molecule has 0 aromatic heterocycles. The number of para-hydroxylation sites is 1. The van der Waals surface area contributed by atoms with Crippen LogP contribution in [0.3, 0.4) is 0 Å². The van der Waals surface area contributed by atoms with E-state index in [0.717, 1.165) is 44.0 Å². The first-order chi connectivity index (χ1) is 13.6. The van der Waals surface area contributed by atoms with Gasteiger partial charge in [0, 0.05) is 39.1 Å². The van der Waals surface area contributed by atoms with Crippen molar-refractivity contribution in [2.75, 3.05) is 40.4 Å². The van der Waals surface area contributed by atoms with Gasteiger partial charge in [0.2, 0.25) is 5.91 Å². The summed E-state index contributed by atoms with van der Waals surface area (Å²) in [5.74, 6) is 1.64. The first kappa shape index (κ1) is 20.2. The maximum absolute atomic E-state index is 12.7. The zero-order valence-electron chi connectivity index (χ0n) is 17.1. The summed E-state index contributed by atoms with van der Waals surface area (Å²) in [6, 6.07) is 14.3. The lowest BCUT2D eigenvalue weighted by Gasteiger charge is -2.35. The molecule has 1 fully saturated rings. The molecule has 150 valence electrons. The van der Waals surface area contributed by atoms with Crippen LogP contribution in [0.1, 0.15) is 23.1 Å². The fourth-order valence-corrected chi connectivity index (χ4v) is 3.73. The van der Waals surface area contributed by atoms with Crippen LogP contribution in [0.4, 0.5) is 0 Å². The lowest BCUT2D eigenvalue weighted by atomic mass is 10.1. The molecule has 2 aromatic carbocycles. The van der Waals surface area contributed by atoms with Crippen molar-refractivity contribution in [2.45, 2.75) is 26.3 Å². The third-order valence-corrected chi connectivity index (χ3v) is 5.47. The molecule has 0 saturated carbocycles. The van der Waals surface area contributed by atoms with Gasteiger partial charge >= 0.3 is 0 Å². The van der Waals surface area contributed by atoms with E-state index in [1.807, 2.05) is 23.1 Å². The molecule has 0 N–H and O–H groups in total. The number of hydrogen-bond donors (Lipinski definition) is 0. The molecule has 1 amide bonds. The maximum Gasteiger partial charge on any atom is 0.222 e. The normalized spacial score (nSPS) is 14.8. The highest BCUT2D eigenvalue weighted by molar-refractivity contribution is 5.76. The number of ether oxygens (including phenoxy) is 2. The van der Waals surface area contributed by atoms with Crippen LogP contribution in [0.2, 0.25) is 0 Å². The fourth-order valence-electron chi connectivity index (χ4n) is 3.73. The van der Waals surface area contributed by atoms with Crippen molar-refractivity contribution in [3.05, 3.63) is 59.2 Å². The molecule has 28 heavy (non-hydrogen) atoms. The molecule has 2 aromatic rings. The largest absolute Gasteiger partial charge is 0.493 e. The minimum absolute atomic E-state index is 0.209. The van der Waals surface area contributed by atoms with Gasteiger partial charge < -0.3 is 14.4 Å². The average molecular weight is 383 g/mol. The summed E-state index contributed by atoms with van der Waals surface area (Å²) in [5.41, 5.74) is 3.70. The number of methoxy groups -OCH3 is 2. The van der Waals surface area contributed by atoms with Gasteiger partial charge in [0.25, 0.3) is 0 Å². The summed E-state index contributed by atoms with van der Waals surface area (Å²) in [4.78, 5) is 17.1. The van der Waals surface area contributed by atoms with Crippen LogP contribution in [0.25, 0.3) is 0 Å². The van der Waals surface area contributed by atoms with Crippen molar-refractivity contribution < 1.29 is 14.3 Å². The van der Waals surface area contributed by atoms with Crippen LogP contribution < -0.4 is 9.47 Å². The highest BCUT2D eigenvalue weighted by Crippen LogP contribution is 2.31. The van der Waals surface area contributed by atoms with E-state index in [4.69, 9.17) is 9.47 Å². The number of aryl methyl sites for hydroxylation is 2. The Hall–Kier alpha value is -2.53. The standard InChI is InChI=1S/C23H30N2O3/c1-18-7-4-5-8-20(18)17-24-13-15-25(16-14-24)22(26)12-11-19-9-6-10-21(27-2)23(19)28-3/h4-10H,11-17H2,1-3H3. The van der Waals surface area contributed by atoms with Crippen molar-refractivity contribution in [2.24, 2.45) is 0 Å². The minimum atomic E-state index is 0.209. The predicted octanol–water partition coefficient (Wildman–Crippen LogP) is 3.29. The van der Waals surface area contributed by atoms with Crippen molar-refractivity contribution in [1.29, 1.82) is 0 Å². The van der Waals surface area contributed by atoms with Gasteiger partial charge in [-0.1, -0.05) is 36.4 Å². The Balaban J connectivity index is 1.50. The van der Waals surface area contributed by atoms with E-state index in [-0.39, 0.29) is 5.91 Å².